The smallest absolute Gasteiger partial charge is 0.332 e. The molecule has 1 atom stereocenters. The van der Waals surface area contributed by atoms with Gasteiger partial charge in [0.15, 0.2) is 0 Å². The predicted molar refractivity (Wildman–Crippen MR) is 106 cm³/mol. The van der Waals surface area contributed by atoms with Gasteiger partial charge in [-0.3, -0.25) is 18.7 Å². The Morgan fingerprint density at radius 2 is 2.04 bits per heavy atom. The molecule has 0 saturated heterocycles. The van der Waals surface area contributed by atoms with E-state index in [2.05, 4.69) is 11.4 Å². The van der Waals surface area contributed by atoms with Gasteiger partial charge in [-0.15, -0.1) is 11.3 Å². The van der Waals surface area contributed by atoms with Crippen molar-refractivity contribution in [3.8, 4) is 0 Å². The number of fused-ring (bicyclic) bond motifs is 2. The summed E-state index contributed by atoms with van der Waals surface area (Å²) in [6.07, 6.45) is 2.48. The second kappa shape index (κ2) is 7.15. The molecule has 0 unspecified atom stereocenters. The third-order valence-electron chi connectivity index (χ3n) is 5.05. The number of carbonyl (C=O) groups excluding carboxylic acids is 1. The van der Waals surface area contributed by atoms with Crippen LogP contribution in [-0.2, 0) is 24.3 Å². The van der Waals surface area contributed by atoms with E-state index in [1.807, 2.05) is 25.1 Å². The van der Waals surface area contributed by atoms with Crippen LogP contribution >= 0.6 is 11.3 Å². The minimum absolute atomic E-state index is 0.0242. The van der Waals surface area contributed by atoms with Crippen molar-refractivity contribution in [3.63, 3.8) is 0 Å². The third kappa shape index (κ3) is 3.12. The van der Waals surface area contributed by atoms with Gasteiger partial charge in [-0.05, 0) is 41.8 Å². The topological polar surface area (TPSA) is 73.1 Å². The summed E-state index contributed by atoms with van der Waals surface area (Å²) in [5.74, 6) is -0.215. The Balaban J connectivity index is 1.64. The quantitative estimate of drug-likeness (QED) is 0.735. The Morgan fingerprint density at radius 3 is 2.85 bits per heavy atom. The number of amides is 1. The molecular weight excluding hydrogens is 362 g/mol. The standard InChI is InChI=1S/C20H21N3O3S/c1-2-10-22-19(25)18-16(9-11-27-18)23(20(22)26)12-17(24)21-15-8-7-13-5-3-4-6-14(13)15/h3-6,9,11,15H,2,7-8,10,12H2,1H3,(H,21,24)/t15-/m1/s1. The fourth-order valence-electron chi connectivity index (χ4n) is 3.80. The zero-order chi connectivity index (χ0) is 19.0. The summed E-state index contributed by atoms with van der Waals surface area (Å²) in [7, 11) is 0. The second-order valence-corrected chi connectivity index (χ2v) is 7.73. The zero-order valence-electron chi connectivity index (χ0n) is 15.1. The normalized spacial score (nSPS) is 15.8. The number of benzene rings is 1. The van der Waals surface area contributed by atoms with Gasteiger partial charge in [0.1, 0.15) is 11.2 Å². The molecule has 0 aliphatic heterocycles. The van der Waals surface area contributed by atoms with E-state index in [0.29, 0.717) is 23.2 Å². The zero-order valence-corrected chi connectivity index (χ0v) is 15.9. The highest BCUT2D eigenvalue weighted by Gasteiger charge is 2.24. The lowest BCUT2D eigenvalue weighted by Gasteiger charge is -2.16. The molecule has 2 heterocycles. The maximum atomic E-state index is 12.8. The molecule has 7 heteroatoms. The van der Waals surface area contributed by atoms with Crippen molar-refractivity contribution in [2.45, 2.75) is 45.3 Å². The number of rotatable bonds is 5. The molecule has 0 spiro atoms. The van der Waals surface area contributed by atoms with Crippen molar-refractivity contribution in [1.29, 1.82) is 0 Å². The molecule has 0 radical (unpaired) electrons. The summed E-state index contributed by atoms with van der Waals surface area (Å²) < 4.78 is 3.16. The largest absolute Gasteiger partial charge is 0.348 e. The first-order chi connectivity index (χ1) is 13.1. The van der Waals surface area contributed by atoms with E-state index in [4.69, 9.17) is 0 Å². The number of hydrogen-bond donors (Lipinski definition) is 1. The Hall–Kier alpha value is -2.67. The summed E-state index contributed by atoms with van der Waals surface area (Å²) in [5, 5.41) is 4.83. The Kier molecular flexibility index (Phi) is 4.70. The van der Waals surface area contributed by atoms with E-state index in [-0.39, 0.29) is 24.1 Å². The predicted octanol–water partition coefficient (Wildman–Crippen LogP) is 2.44. The molecule has 2 aromatic heterocycles. The number of hydrogen-bond acceptors (Lipinski definition) is 4. The SMILES string of the molecule is CCCn1c(=O)c2sccc2n(CC(=O)N[C@@H]2CCc3ccccc32)c1=O. The lowest BCUT2D eigenvalue weighted by atomic mass is 10.1. The number of carbonyl (C=O) groups is 1. The molecule has 0 fully saturated rings. The Bertz CT molecular complexity index is 1130. The van der Waals surface area contributed by atoms with Gasteiger partial charge in [-0.1, -0.05) is 31.2 Å². The molecule has 27 heavy (non-hydrogen) atoms. The van der Waals surface area contributed by atoms with Gasteiger partial charge in [0.2, 0.25) is 5.91 Å². The van der Waals surface area contributed by atoms with Gasteiger partial charge < -0.3 is 5.32 Å². The molecule has 1 amide bonds. The summed E-state index contributed by atoms with van der Waals surface area (Å²) in [6.45, 7) is 2.18. The van der Waals surface area contributed by atoms with E-state index in [0.717, 1.165) is 18.4 Å². The van der Waals surface area contributed by atoms with Crippen molar-refractivity contribution in [2.24, 2.45) is 0 Å². The van der Waals surface area contributed by atoms with Crippen LogP contribution in [0, 0.1) is 0 Å². The van der Waals surface area contributed by atoms with Gasteiger partial charge in [-0.25, -0.2) is 4.79 Å². The van der Waals surface area contributed by atoms with Crippen molar-refractivity contribution in [2.75, 3.05) is 0 Å². The highest BCUT2D eigenvalue weighted by molar-refractivity contribution is 7.17. The molecule has 1 aromatic carbocycles. The molecule has 6 nitrogen and oxygen atoms in total. The average molecular weight is 383 g/mol. The molecule has 140 valence electrons. The summed E-state index contributed by atoms with van der Waals surface area (Å²) >= 11 is 1.30. The van der Waals surface area contributed by atoms with Crippen LogP contribution in [0.2, 0.25) is 0 Å². The maximum absolute atomic E-state index is 12.8. The highest BCUT2D eigenvalue weighted by Crippen LogP contribution is 2.30. The van der Waals surface area contributed by atoms with Crippen molar-refractivity contribution >= 4 is 27.5 Å². The number of nitrogens with zero attached hydrogens (tertiary/aromatic N) is 2. The maximum Gasteiger partial charge on any atom is 0.332 e. The highest BCUT2D eigenvalue weighted by atomic mass is 32.1. The first-order valence-corrected chi connectivity index (χ1v) is 10.1. The van der Waals surface area contributed by atoms with Crippen molar-refractivity contribution in [1.82, 2.24) is 14.5 Å². The first-order valence-electron chi connectivity index (χ1n) is 9.18. The van der Waals surface area contributed by atoms with E-state index < -0.39 is 5.69 Å². The van der Waals surface area contributed by atoms with Crippen molar-refractivity contribution < 1.29 is 4.79 Å². The van der Waals surface area contributed by atoms with Crippen LogP contribution in [0.15, 0.2) is 45.3 Å². The Labute approximate surface area is 160 Å². The fraction of sp³-hybridized carbons (Fsp3) is 0.350. The van der Waals surface area contributed by atoms with Gasteiger partial charge in [0.25, 0.3) is 5.56 Å². The minimum atomic E-state index is -0.422. The minimum Gasteiger partial charge on any atom is -0.348 e. The monoisotopic (exact) mass is 383 g/mol. The molecule has 3 aromatic rings. The van der Waals surface area contributed by atoms with Gasteiger partial charge >= 0.3 is 5.69 Å². The lowest BCUT2D eigenvalue weighted by Crippen LogP contribution is -2.42. The molecule has 4 rings (SSSR count). The van der Waals surface area contributed by atoms with E-state index >= 15 is 0 Å². The molecule has 0 bridgehead atoms. The van der Waals surface area contributed by atoms with Crippen LogP contribution in [-0.4, -0.2) is 15.0 Å². The summed E-state index contributed by atoms with van der Waals surface area (Å²) in [5.41, 5.74) is 2.25. The van der Waals surface area contributed by atoms with Gasteiger partial charge in [0, 0.05) is 6.54 Å². The summed E-state index contributed by atoms with van der Waals surface area (Å²) in [4.78, 5) is 38.0. The number of thiophene rings is 1. The van der Waals surface area contributed by atoms with Crippen LogP contribution in [0.25, 0.3) is 10.2 Å². The van der Waals surface area contributed by atoms with Crippen molar-refractivity contribution in [3.05, 3.63) is 67.7 Å². The van der Waals surface area contributed by atoms with Crippen LogP contribution in [0.3, 0.4) is 0 Å². The van der Waals surface area contributed by atoms with Gasteiger partial charge in [-0.2, -0.15) is 0 Å². The van der Waals surface area contributed by atoms with Crippen LogP contribution in [0.5, 0.6) is 0 Å². The van der Waals surface area contributed by atoms with E-state index in [1.54, 1.807) is 11.4 Å². The summed E-state index contributed by atoms with van der Waals surface area (Å²) in [6, 6.07) is 9.82. The molecule has 1 aliphatic carbocycles. The second-order valence-electron chi connectivity index (χ2n) is 6.82. The Morgan fingerprint density at radius 1 is 1.22 bits per heavy atom. The van der Waals surface area contributed by atoms with E-state index in [9.17, 15) is 14.4 Å². The average Bonchev–Trinajstić information content (AvgIpc) is 3.30. The number of nitrogens with one attached hydrogen (secondary N) is 1. The molecule has 1 N–H and O–H groups in total. The number of aryl methyl sites for hydroxylation is 1. The third-order valence-corrected chi connectivity index (χ3v) is 5.95. The first kappa shape index (κ1) is 17.7. The fourth-order valence-corrected chi connectivity index (χ4v) is 4.64. The molecule has 1 aliphatic rings. The molecule has 0 saturated carbocycles. The van der Waals surface area contributed by atoms with E-state index in [1.165, 1.54) is 26.0 Å². The van der Waals surface area contributed by atoms with Gasteiger partial charge in [0.05, 0.1) is 11.6 Å². The van der Waals surface area contributed by atoms with Crippen LogP contribution in [0.1, 0.15) is 36.9 Å². The number of aromatic nitrogens is 2. The molecular formula is C20H21N3O3S. The van der Waals surface area contributed by atoms with Crippen LogP contribution < -0.4 is 16.6 Å². The van der Waals surface area contributed by atoms with Crippen LogP contribution in [0.4, 0.5) is 0 Å². The lowest BCUT2D eigenvalue weighted by molar-refractivity contribution is -0.122.